The van der Waals surface area contributed by atoms with Crippen molar-refractivity contribution >= 4 is 28.8 Å². The van der Waals surface area contributed by atoms with E-state index in [-0.39, 0.29) is 11.9 Å². The molecule has 0 spiro atoms. The molecular formula is C11H15ClN2OS. The Morgan fingerprint density at radius 3 is 2.94 bits per heavy atom. The first-order valence-electron chi connectivity index (χ1n) is 5.35. The second kappa shape index (κ2) is 4.73. The van der Waals surface area contributed by atoms with E-state index in [2.05, 4.69) is 6.92 Å². The normalized spacial score (nSPS) is 25.8. The molecule has 0 saturated carbocycles. The summed E-state index contributed by atoms with van der Waals surface area (Å²) in [6.45, 7) is 3.54. The first-order valence-corrected chi connectivity index (χ1v) is 6.61. The number of nitrogens with zero attached hydrogens (tertiary/aromatic N) is 1. The van der Waals surface area contributed by atoms with Crippen molar-refractivity contribution in [2.45, 2.75) is 19.4 Å². The Kier molecular flexibility index (Phi) is 3.52. The lowest BCUT2D eigenvalue weighted by atomic mass is 9.96. The van der Waals surface area contributed by atoms with Gasteiger partial charge in [0.25, 0.3) is 5.91 Å². The molecule has 0 aliphatic carbocycles. The fourth-order valence-electron chi connectivity index (χ4n) is 2.16. The van der Waals surface area contributed by atoms with Crippen LogP contribution in [0, 0.1) is 5.92 Å². The van der Waals surface area contributed by atoms with Gasteiger partial charge in [-0.1, -0.05) is 18.5 Å². The van der Waals surface area contributed by atoms with E-state index >= 15 is 0 Å². The number of halogens is 1. The van der Waals surface area contributed by atoms with Crippen molar-refractivity contribution in [1.82, 2.24) is 4.90 Å². The molecule has 2 atom stereocenters. The maximum absolute atomic E-state index is 12.2. The number of rotatable bonds is 1. The molecule has 0 bridgehead atoms. The van der Waals surface area contributed by atoms with Gasteiger partial charge in [0.05, 0.1) is 5.02 Å². The Morgan fingerprint density at radius 2 is 2.38 bits per heavy atom. The largest absolute Gasteiger partial charge is 0.336 e. The summed E-state index contributed by atoms with van der Waals surface area (Å²) in [6, 6.07) is 1.85. The number of hydrogen-bond acceptors (Lipinski definition) is 3. The van der Waals surface area contributed by atoms with E-state index in [1.54, 1.807) is 6.07 Å². The lowest BCUT2D eigenvalue weighted by Crippen LogP contribution is -2.48. The van der Waals surface area contributed by atoms with Gasteiger partial charge in [0, 0.05) is 19.1 Å². The number of thiophene rings is 1. The molecule has 3 nitrogen and oxygen atoms in total. The van der Waals surface area contributed by atoms with Crippen LogP contribution in [-0.2, 0) is 0 Å². The Balaban J connectivity index is 2.13. The predicted molar refractivity (Wildman–Crippen MR) is 67.0 cm³/mol. The molecule has 5 heteroatoms. The average Bonchev–Trinajstić information content (AvgIpc) is 2.62. The maximum Gasteiger partial charge on any atom is 0.265 e. The summed E-state index contributed by atoms with van der Waals surface area (Å²) >= 11 is 7.35. The Morgan fingerprint density at radius 1 is 1.62 bits per heavy atom. The van der Waals surface area contributed by atoms with Crippen LogP contribution in [0.3, 0.4) is 0 Å². The van der Waals surface area contributed by atoms with E-state index in [1.807, 2.05) is 10.3 Å². The Hall–Kier alpha value is -0.580. The van der Waals surface area contributed by atoms with Crippen molar-refractivity contribution in [2.24, 2.45) is 11.7 Å². The van der Waals surface area contributed by atoms with Gasteiger partial charge < -0.3 is 10.6 Å². The lowest BCUT2D eigenvalue weighted by molar-refractivity contribution is 0.0666. The van der Waals surface area contributed by atoms with Crippen molar-refractivity contribution in [1.29, 1.82) is 0 Å². The third-order valence-corrected chi connectivity index (χ3v) is 4.12. The third-order valence-electron chi connectivity index (χ3n) is 2.79. The summed E-state index contributed by atoms with van der Waals surface area (Å²) in [6.07, 6.45) is 0.988. The van der Waals surface area contributed by atoms with Gasteiger partial charge in [-0.2, -0.15) is 0 Å². The van der Waals surface area contributed by atoms with Crippen LogP contribution in [0.5, 0.6) is 0 Å². The highest BCUT2D eigenvalue weighted by Crippen LogP contribution is 2.25. The fraction of sp³-hybridized carbons (Fsp3) is 0.545. The van der Waals surface area contributed by atoms with Crippen LogP contribution < -0.4 is 5.73 Å². The summed E-state index contributed by atoms with van der Waals surface area (Å²) in [4.78, 5) is 14.6. The summed E-state index contributed by atoms with van der Waals surface area (Å²) in [5.74, 6) is 0.480. The minimum Gasteiger partial charge on any atom is -0.336 e. The zero-order valence-corrected chi connectivity index (χ0v) is 10.7. The first kappa shape index (κ1) is 11.9. The molecule has 1 aliphatic rings. The van der Waals surface area contributed by atoms with Gasteiger partial charge in [-0.05, 0) is 23.8 Å². The predicted octanol–water partition coefficient (Wildman–Crippen LogP) is 2.21. The van der Waals surface area contributed by atoms with Crippen LogP contribution in [0.15, 0.2) is 11.4 Å². The van der Waals surface area contributed by atoms with Gasteiger partial charge in [-0.3, -0.25) is 4.79 Å². The van der Waals surface area contributed by atoms with Crippen LogP contribution in [0.25, 0.3) is 0 Å². The lowest BCUT2D eigenvalue weighted by Gasteiger charge is -2.34. The highest BCUT2D eigenvalue weighted by atomic mass is 35.5. The molecule has 1 fully saturated rings. The van der Waals surface area contributed by atoms with E-state index in [4.69, 9.17) is 17.3 Å². The van der Waals surface area contributed by atoms with Gasteiger partial charge in [-0.15, -0.1) is 11.3 Å². The Bertz CT molecular complexity index is 383. The maximum atomic E-state index is 12.2. The molecule has 1 aromatic heterocycles. The highest BCUT2D eigenvalue weighted by Gasteiger charge is 2.27. The van der Waals surface area contributed by atoms with Gasteiger partial charge in [0.15, 0.2) is 0 Å². The third kappa shape index (κ3) is 2.39. The topological polar surface area (TPSA) is 46.3 Å². The number of carbonyl (C=O) groups excluding carboxylic acids is 1. The van der Waals surface area contributed by atoms with E-state index in [0.29, 0.717) is 22.4 Å². The van der Waals surface area contributed by atoms with E-state index in [1.165, 1.54) is 11.3 Å². The summed E-state index contributed by atoms with van der Waals surface area (Å²) in [5, 5.41) is 2.38. The molecule has 2 rings (SSSR count). The van der Waals surface area contributed by atoms with Crippen molar-refractivity contribution < 1.29 is 4.79 Å². The molecule has 1 amide bonds. The quantitative estimate of drug-likeness (QED) is 0.840. The van der Waals surface area contributed by atoms with Crippen LogP contribution in [0.2, 0.25) is 5.02 Å². The monoisotopic (exact) mass is 258 g/mol. The van der Waals surface area contributed by atoms with Crippen molar-refractivity contribution in [2.75, 3.05) is 13.1 Å². The van der Waals surface area contributed by atoms with Crippen LogP contribution in [-0.4, -0.2) is 29.9 Å². The van der Waals surface area contributed by atoms with Crippen LogP contribution in [0.1, 0.15) is 23.0 Å². The molecule has 16 heavy (non-hydrogen) atoms. The highest BCUT2D eigenvalue weighted by molar-refractivity contribution is 7.12. The van der Waals surface area contributed by atoms with Crippen molar-refractivity contribution in [3.8, 4) is 0 Å². The summed E-state index contributed by atoms with van der Waals surface area (Å²) in [5.41, 5.74) is 5.92. The minimum atomic E-state index is 0.0157. The van der Waals surface area contributed by atoms with E-state index < -0.39 is 0 Å². The fourth-order valence-corrected chi connectivity index (χ4v) is 3.26. The Labute approximate surface area is 104 Å². The number of amides is 1. The van der Waals surface area contributed by atoms with E-state index in [0.717, 1.165) is 13.0 Å². The van der Waals surface area contributed by atoms with Gasteiger partial charge in [0.1, 0.15) is 4.88 Å². The molecule has 2 heterocycles. The molecule has 2 unspecified atom stereocenters. The van der Waals surface area contributed by atoms with E-state index in [9.17, 15) is 4.79 Å². The average molecular weight is 259 g/mol. The number of piperidine rings is 1. The smallest absolute Gasteiger partial charge is 0.265 e. The SMILES string of the molecule is CC1CC(N)CN(C(=O)c2sccc2Cl)C1. The van der Waals surface area contributed by atoms with Crippen LogP contribution >= 0.6 is 22.9 Å². The van der Waals surface area contributed by atoms with Crippen molar-refractivity contribution in [3.63, 3.8) is 0 Å². The van der Waals surface area contributed by atoms with Crippen molar-refractivity contribution in [3.05, 3.63) is 21.3 Å². The second-order valence-electron chi connectivity index (χ2n) is 4.41. The molecule has 1 saturated heterocycles. The zero-order chi connectivity index (χ0) is 11.7. The molecule has 88 valence electrons. The zero-order valence-electron chi connectivity index (χ0n) is 9.15. The second-order valence-corrected chi connectivity index (χ2v) is 5.73. The number of nitrogens with two attached hydrogens (primary N) is 1. The molecule has 1 aromatic rings. The van der Waals surface area contributed by atoms with Crippen LogP contribution in [0.4, 0.5) is 0 Å². The molecule has 2 N–H and O–H groups in total. The number of likely N-dealkylation sites (tertiary alicyclic amines) is 1. The van der Waals surface area contributed by atoms with Gasteiger partial charge >= 0.3 is 0 Å². The van der Waals surface area contributed by atoms with Gasteiger partial charge in [0.2, 0.25) is 0 Å². The number of carbonyl (C=O) groups is 1. The minimum absolute atomic E-state index is 0.0157. The standard InChI is InChI=1S/C11H15ClN2OS/c1-7-4-8(13)6-14(5-7)11(15)10-9(12)2-3-16-10/h2-3,7-8H,4-6,13H2,1H3. The molecule has 0 radical (unpaired) electrons. The summed E-state index contributed by atoms with van der Waals surface area (Å²) in [7, 11) is 0. The van der Waals surface area contributed by atoms with Gasteiger partial charge in [-0.25, -0.2) is 0 Å². The summed E-state index contributed by atoms with van der Waals surface area (Å²) < 4.78 is 0. The first-order chi connectivity index (χ1) is 7.58. The molecule has 1 aliphatic heterocycles. The molecule has 0 aromatic carbocycles. The molecular weight excluding hydrogens is 244 g/mol. The number of hydrogen-bond donors (Lipinski definition) is 1.